The Morgan fingerprint density at radius 1 is 0.621 bits per heavy atom. The summed E-state index contributed by atoms with van der Waals surface area (Å²) in [5.74, 6) is 0.970. The highest BCUT2D eigenvalue weighted by atomic mass is 16.3. The number of aliphatic hydroxyl groups excluding tert-OH is 1. The van der Waals surface area contributed by atoms with Crippen LogP contribution in [0.3, 0.4) is 0 Å². The lowest BCUT2D eigenvalue weighted by atomic mass is 9.97. The van der Waals surface area contributed by atoms with E-state index in [0.717, 1.165) is 25.4 Å². The molecule has 1 N–H and O–H groups in total. The van der Waals surface area contributed by atoms with Crippen LogP contribution in [0.15, 0.2) is 0 Å². The maximum absolute atomic E-state index is 9.12. The first-order valence-electron chi connectivity index (χ1n) is 13.4. The van der Waals surface area contributed by atoms with E-state index < -0.39 is 0 Å². The van der Waals surface area contributed by atoms with Crippen LogP contribution in [0, 0.1) is 5.92 Å². The van der Waals surface area contributed by atoms with Crippen molar-refractivity contribution in [3.8, 4) is 0 Å². The standard InChI is InChI=1S/C20H42.C7H17NO/c1-4-6-8-9-10-11-12-13-14-15-16-17-19-20(3)18-7-5-2;1-4-7(9)6-8(3)5-2/h20H,4-19H2,1-3H3;7,9H,4-6H2,1-3H3. The van der Waals surface area contributed by atoms with Crippen LogP contribution >= 0.6 is 0 Å². The number of unbranched alkanes of at least 4 members (excludes halogenated alkanes) is 12. The lowest BCUT2D eigenvalue weighted by Gasteiger charge is -2.16. The summed E-state index contributed by atoms with van der Waals surface area (Å²) in [6, 6.07) is 0. The van der Waals surface area contributed by atoms with Gasteiger partial charge in [0.05, 0.1) is 6.10 Å². The zero-order valence-corrected chi connectivity index (χ0v) is 21.5. The zero-order chi connectivity index (χ0) is 22.2. The van der Waals surface area contributed by atoms with E-state index in [1.54, 1.807) is 0 Å². The molecular formula is C27H59NO. The molecule has 0 fully saturated rings. The molecule has 2 nitrogen and oxygen atoms in total. The van der Waals surface area contributed by atoms with Gasteiger partial charge in [-0.05, 0) is 25.9 Å². The summed E-state index contributed by atoms with van der Waals surface area (Å²) < 4.78 is 0. The molecule has 0 rings (SSSR count). The van der Waals surface area contributed by atoms with Crippen LogP contribution in [-0.2, 0) is 0 Å². The maximum atomic E-state index is 9.12. The Kier molecular flexibility index (Phi) is 27.8. The van der Waals surface area contributed by atoms with Crippen molar-refractivity contribution in [2.45, 2.75) is 150 Å². The van der Waals surface area contributed by atoms with Crippen molar-refractivity contribution in [1.82, 2.24) is 4.90 Å². The van der Waals surface area contributed by atoms with Crippen molar-refractivity contribution in [3.05, 3.63) is 0 Å². The van der Waals surface area contributed by atoms with E-state index in [2.05, 4.69) is 32.6 Å². The van der Waals surface area contributed by atoms with E-state index >= 15 is 0 Å². The summed E-state index contributed by atoms with van der Waals surface area (Å²) in [7, 11) is 2.01. The number of nitrogens with zero attached hydrogens (tertiary/aromatic N) is 1. The minimum absolute atomic E-state index is 0.144. The predicted octanol–water partition coefficient (Wildman–Crippen LogP) is 8.61. The molecule has 2 heteroatoms. The van der Waals surface area contributed by atoms with Gasteiger partial charge in [0.15, 0.2) is 0 Å². The average molecular weight is 414 g/mol. The number of likely N-dealkylation sites (N-methyl/N-ethyl adjacent to an activating group) is 1. The summed E-state index contributed by atoms with van der Waals surface area (Å²) in [6.45, 7) is 12.9. The van der Waals surface area contributed by atoms with Crippen molar-refractivity contribution in [2.75, 3.05) is 20.1 Å². The molecule has 0 aliphatic heterocycles. The van der Waals surface area contributed by atoms with E-state index in [9.17, 15) is 0 Å². The molecule has 0 saturated heterocycles. The largest absolute Gasteiger partial charge is 0.392 e. The second kappa shape index (κ2) is 26.0. The molecule has 0 aromatic rings. The zero-order valence-electron chi connectivity index (χ0n) is 21.5. The van der Waals surface area contributed by atoms with Crippen LogP contribution in [0.25, 0.3) is 0 Å². The second-order valence-electron chi connectivity index (χ2n) is 9.34. The summed E-state index contributed by atoms with van der Waals surface area (Å²) in [5.41, 5.74) is 0. The van der Waals surface area contributed by atoms with Crippen molar-refractivity contribution in [2.24, 2.45) is 5.92 Å². The van der Waals surface area contributed by atoms with Gasteiger partial charge in [-0.1, -0.05) is 137 Å². The number of rotatable bonds is 20. The van der Waals surface area contributed by atoms with Crippen LogP contribution in [0.5, 0.6) is 0 Å². The van der Waals surface area contributed by atoms with Crippen molar-refractivity contribution in [3.63, 3.8) is 0 Å². The van der Waals surface area contributed by atoms with Crippen LogP contribution in [0.2, 0.25) is 0 Å². The normalized spacial score (nSPS) is 13.2. The highest BCUT2D eigenvalue weighted by Crippen LogP contribution is 2.17. The molecule has 2 atom stereocenters. The molecular weight excluding hydrogens is 354 g/mol. The molecule has 0 aliphatic rings. The van der Waals surface area contributed by atoms with Gasteiger partial charge in [-0.25, -0.2) is 0 Å². The Labute approximate surface area is 186 Å². The van der Waals surface area contributed by atoms with Gasteiger partial charge in [0.25, 0.3) is 0 Å². The second-order valence-corrected chi connectivity index (χ2v) is 9.34. The molecule has 0 aromatic heterocycles. The van der Waals surface area contributed by atoms with Crippen LogP contribution in [0.1, 0.15) is 144 Å². The van der Waals surface area contributed by atoms with Gasteiger partial charge in [0, 0.05) is 6.54 Å². The Hall–Kier alpha value is -0.0800. The third kappa shape index (κ3) is 27.9. The molecule has 0 bridgehead atoms. The Bertz CT molecular complexity index is 274. The smallest absolute Gasteiger partial charge is 0.0664 e. The van der Waals surface area contributed by atoms with Crippen molar-refractivity contribution in [1.29, 1.82) is 0 Å². The topological polar surface area (TPSA) is 23.5 Å². The lowest BCUT2D eigenvalue weighted by molar-refractivity contribution is 0.125. The predicted molar refractivity (Wildman–Crippen MR) is 134 cm³/mol. The highest BCUT2D eigenvalue weighted by molar-refractivity contribution is 4.57. The summed E-state index contributed by atoms with van der Waals surface area (Å²) in [6.07, 6.45) is 24.0. The SMILES string of the molecule is CCC(O)CN(C)CC.CCCCCCCCCCCCCCC(C)CCCC. The Balaban J connectivity index is 0. The van der Waals surface area contributed by atoms with E-state index in [1.165, 1.54) is 103 Å². The summed E-state index contributed by atoms with van der Waals surface area (Å²) in [4.78, 5) is 2.11. The minimum Gasteiger partial charge on any atom is -0.392 e. The first-order chi connectivity index (χ1) is 14.0. The molecule has 0 spiro atoms. The maximum Gasteiger partial charge on any atom is 0.0664 e. The number of hydrogen-bond acceptors (Lipinski definition) is 2. The summed E-state index contributed by atoms with van der Waals surface area (Å²) in [5, 5.41) is 9.12. The van der Waals surface area contributed by atoms with E-state index in [-0.39, 0.29) is 6.10 Å². The molecule has 0 aliphatic carbocycles. The quantitative estimate of drug-likeness (QED) is 0.202. The van der Waals surface area contributed by atoms with Crippen LogP contribution in [-0.4, -0.2) is 36.2 Å². The monoisotopic (exact) mass is 413 g/mol. The molecule has 0 saturated carbocycles. The van der Waals surface area contributed by atoms with Gasteiger partial charge >= 0.3 is 0 Å². The third-order valence-electron chi connectivity index (χ3n) is 6.13. The molecule has 2 unspecified atom stereocenters. The van der Waals surface area contributed by atoms with E-state index in [0.29, 0.717) is 0 Å². The Morgan fingerprint density at radius 2 is 1.03 bits per heavy atom. The lowest BCUT2D eigenvalue weighted by Crippen LogP contribution is -2.28. The van der Waals surface area contributed by atoms with E-state index in [1.807, 2.05) is 14.0 Å². The molecule has 0 heterocycles. The van der Waals surface area contributed by atoms with Crippen molar-refractivity contribution < 1.29 is 5.11 Å². The fourth-order valence-electron chi connectivity index (χ4n) is 3.65. The summed E-state index contributed by atoms with van der Waals surface area (Å²) >= 11 is 0. The third-order valence-corrected chi connectivity index (χ3v) is 6.13. The van der Waals surface area contributed by atoms with Gasteiger partial charge in [0.2, 0.25) is 0 Å². The number of aliphatic hydroxyl groups is 1. The fourth-order valence-corrected chi connectivity index (χ4v) is 3.65. The number of hydrogen-bond donors (Lipinski definition) is 1. The molecule has 0 aromatic carbocycles. The molecule has 0 amide bonds. The average Bonchev–Trinajstić information content (AvgIpc) is 2.73. The van der Waals surface area contributed by atoms with Crippen molar-refractivity contribution >= 4 is 0 Å². The first kappa shape index (κ1) is 31.1. The van der Waals surface area contributed by atoms with Crippen LogP contribution < -0.4 is 0 Å². The Morgan fingerprint density at radius 3 is 1.45 bits per heavy atom. The molecule has 0 radical (unpaired) electrons. The molecule has 178 valence electrons. The fraction of sp³-hybridized carbons (Fsp3) is 1.00. The van der Waals surface area contributed by atoms with Gasteiger partial charge < -0.3 is 10.0 Å². The minimum atomic E-state index is -0.144. The first-order valence-corrected chi connectivity index (χ1v) is 13.4. The highest BCUT2D eigenvalue weighted by Gasteiger charge is 2.02. The molecule has 29 heavy (non-hydrogen) atoms. The van der Waals surface area contributed by atoms with Gasteiger partial charge in [0.1, 0.15) is 0 Å². The van der Waals surface area contributed by atoms with Crippen LogP contribution in [0.4, 0.5) is 0 Å². The van der Waals surface area contributed by atoms with Gasteiger partial charge in [-0.3, -0.25) is 0 Å². The van der Waals surface area contributed by atoms with Gasteiger partial charge in [-0.2, -0.15) is 0 Å². The van der Waals surface area contributed by atoms with Gasteiger partial charge in [-0.15, -0.1) is 0 Å². The van der Waals surface area contributed by atoms with E-state index in [4.69, 9.17) is 5.11 Å².